The van der Waals surface area contributed by atoms with Crippen molar-refractivity contribution in [2.24, 2.45) is 5.73 Å². The highest BCUT2D eigenvalue weighted by Gasteiger charge is 2.32. The van der Waals surface area contributed by atoms with Crippen molar-refractivity contribution in [1.82, 2.24) is 0 Å². The molecule has 0 unspecified atom stereocenters. The van der Waals surface area contributed by atoms with Gasteiger partial charge in [-0.15, -0.1) is 0 Å². The van der Waals surface area contributed by atoms with Gasteiger partial charge in [0, 0.05) is 0 Å². The zero-order valence-electron chi connectivity index (χ0n) is 7.38. The molecule has 3 heteroatoms. The van der Waals surface area contributed by atoms with Gasteiger partial charge in [0.15, 0.2) is 0 Å². The van der Waals surface area contributed by atoms with Crippen molar-refractivity contribution in [2.45, 2.75) is 50.5 Å². The molecule has 12 heavy (non-hydrogen) atoms. The highest BCUT2D eigenvalue weighted by molar-refractivity contribution is 5.83. The van der Waals surface area contributed by atoms with E-state index in [-0.39, 0.29) is 0 Å². The van der Waals surface area contributed by atoms with Crippen LogP contribution in [0, 0.1) is 0 Å². The zero-order chi connectivity index (χ0) is 9.03. The molecule has 1 saturated carbocycles. The fraction of sp³-hybridized carbons (Fsp3) is 0.889. The summed E-state index contributed by atoms with van der Waals surface area (Å²) >= 11 is 0. The lowest BCUT2D eigenvalue weighted by Gasteiger charge is -2.26. The van der Waals surface area contributed by atoms with Crippen LogP contribution in [0.1, 0.15) is 44.9 Å². The maximum absolute atomic E-state index is 10.9. The molecule has 0 saturated heterocycles. The molecule has 1 rings (SSSR count). The second kappa shape index (κ2) is 3.90. The van der Waals surface area contributed by atoms with Crippen molar-refractivity contribution in [1.29, 1.82) is 0 Å². The van der Waals surface area contributed by atoms with Crippen LogP contribution in [0.25, 0.3) is 0 Å². The third-order valence-corrected chi connectivity index (χ3v) is 2.64. The molecule has 0 bridgehead atoms. The molecule has 1 aliphatic carbocycles. The van der Waals surface area contributed by atoms with E-state index in [9.17, 15) is 9.90 Å². The van der Waals surface area contributed by atoms with E-state index in [1.807, 2.05) is 0 Å². The smallest absolute Gasteiger partial charge is 0.249 e. The number of carbonyl (C=O) groups is 1. The third kappa shape index (κ3) is 2.21. The van der Waals surface area contributed by atoms with E-state index >= 15 is 0 Å². The van der Waals surface area contributed by atoms with Crippen LogP contribution in [0.4, 0.5) is 0 Å². The molecular formula is C9H17NO2. The first-order chi connectivity index (χ1) is 5.65. The number of hydrogen-bond acceptors (Lipinski definition) is 2. The van der Waals surface area contributed by atoms with E-state index in [0.717, 1.165) is 25.7 Å². The highest BCUT2D eigenvalue weighted by atomic mass is 16.3. The lowest BCUT2D eigenvalue weighted by atomic mass is 9.86. The van der Waals surface area contributed by atoms with Crippen LogP contribution >= 0.6 is 0 Å². The summed E-state index contributed by atoms with van der Waals surface area (Å²) in [6.07, 6.45) is 6.35. The summed E-state index contributed by atoms with van der Waals surface area (Å²) in [6, 6.07) is 0. The van der Waals surface area contributed by atoms with Crippen molar-refractivity contribution in [2.75, 3.05) is 0 Å². The van der Waals surface area contributed by atoms with Gasteiger partial charge in [0.25, 0.3) is 0 Å². The molecule has 1 aliphatic rings. The molecule has 1 amide bonds. The summed E-state index contributed by atoms with van der Waals surface area (Å²) in [7, 11) is 0. The summed E-state index contributed by atoms with van der Waals surface area (Å²) in [6.45, 7) is 0. The Morgan fingerprint density at radius 1 is 1.08 bits per heavy atom. The monoisotopic (exact) mass is 171 g/mol. The van der Waals surface area contributed by atoms with Gasteiger partial charge in [0.05, 0.1) is 0 Å². The third-order valence-electron chi connectivity index (χ3n) is 2.64. The predicted molar refractivity (Wildman–Crippen MR) is 46.5 cm³/mol. The van der Waals surface area contributed by atoms with E-state index in [1.165, 1.54) is 6.42 Å². The standard InChI is InChI=1S/C9H17NO2/c10-8(11)9(12)6-4-2-1-3-5-7-9/h12H,1-7H2,(H2,10,11). The molecule has 0 heterocycles. The van der Waals surface area contributed by atoms with Crippen molar-refractivity contribution in [3.63, 3.8) is 0 Å². The number of hydrogen-bond donors (Lipinski definition) is 2. The zero-order valence-corrected chi connectivity index (χ0v) is 7.38. The first-order valence-electron chi connectivity index (χ1n) is 4.67. The quantitative estimate of drug-likeness (QED) is 0.617. The molecule has 1 fully saturated rings. The molecule has 3 nitrogen and oxygen atoms in total. The Hall–Kier alpha value is -0.570. The lowest BCUT2D eigenvalue weighted by Crippen LogP contribution is -2.44. The van der Waals surface area contributed by atoms with Crippen molar-refractivity contribution >= 4 is 5.91 Å². The van der Waals surface area contributed by atoms with Crippen LogP contribution in [0.2, 0.25) is 0 Å². The molecule has 0 spiro atoms. The second-order valence-electron chi connectivity index (χ2n) is 3.66. The first-order valence-corrected chi connectivity index (χ1v) is 4.67. The average Bonchev–Trinajstić information content (AvgIpc) is 1.97. The predicted octanol–water partition coefficient (Wildman–Crippen LogP) is 0.947. The molecule has 70 valence electrons. The number of carbonyl (C=O) groups excluding carboxylic acids is 1. The molecule has 0 aromatic rings. The lowest BCUT2D eigenvalue weighted by molar-refractivity contribution is -0.138. The summed E-state index contributed by atoms with van der Waals surface area (Å²) in [4.78, 5) is 10.9. The number of primary amides is 1. The largest absolute Gasteiger partial charge is 0.380 e. The number of aliphatic hydroxyl groups is 1. The van der Waals surface area contributed by atoms with E-state index in [4.69, 9.17) is 5.73 Å². The molecule has 0 aliphatic heterocycles. The molecule has 0 atom stereocenters. The summed E-state index contributed by atoms with van der Waals surface area (Å²) in [5.41, 5.74) is 3.93. The fourth-order valence-corrected chi connectivity index (χ4v) is 1.74. The van der Waals surface area contributed by atoms with Gasteiger partial charge in [-0.1, -0.05) is 32.1 Å². The number of nitrogens with two attached hydrogens (primary N) is 1. The van der Waals surface area contributed by atoms with Gasteiger partial charge >= 0.3 is 0 Å². The Morgan fingerprint density at radius 2 is 1.50 bits per heavy atom. The first kappa shape index (κ1) is 9.52. The number of amides is 1. The molecule has 0 aromatic heterocycles. The van der Waals surface area contributed by atoms with Gasteiger partial charge in [-0.25, -0.2) is 0 Å². The van der Waals surface area contributed by atoms with Gasteiger partial charge < -0.3 is 10.8 Å². The van der Waals surface area contributed by atoms with Gasteiger partial charge in [-0.3, -0.25) is 4.79 Å². The molecular weight excluding hydrogens is 154 g/mol. The minimum Gasteiger partial charge on any atom is -0.380 e. The maximum atomic E-state index is 10.9. The molecule has 3 N–H and O–H groups in total. The molecule has 0 aromatic carbocycles. The van der Waals surface area contributed by atoms with Crippen LogP contribution in [0.5, 0.6) is 0 Å². The molecule has 0 radical (unpaired) electrons. The highest BCUT2D eigenvalue weighted by Crippen LogP contribution is 2.25. The summed E-state index contributed by atoms with van der Waals surface area (Å²) < 4.78 is 0. The average molecular weight is 171 g/mol. The van der Waals surface area contributed by atoms with Crippen LogP contribution in [-0.2, 0) is 4.79 Å². The van der Waals surface area contributed by atoms with Crippen LogP contribution in [-0.4, -0.2) is 16.6 Å². The van der Waals surface area contributed by atoms with Gasteiger partial charge in [-0.2, -0.15) is 0 Å². The number of rotatable bonds is 1. The van der Waals surface area contributed by atoms with Crippen molar-refractivity contribution in [3.05, 3.63) is 0 Å². The summed E-state index contributed by atoms with van der Waals surface area (Å²) in [5.74, 6) is -0.551. The Balaban J connectivity index is 2.54. The maximum Gasteiger partial charge on any atom is 0.249 e. The van der Waals surface area contributed by atoms with E-state index in [1.54, 1.807) is 0 Å². The van der Waals surface area contributed by atoms with Crippen LogP contribution in [0.3, 0.4) is 0 Å². The Labute approximate surface area is 72.9 Å². The Morgan fingerprint density at radius 3 is 1.92 bits per heavy atom. The SMILES string of the molecule is NC(=O)C1(O)CCCCCCC1. The van der Waals surface area contributed by atoms with Crippen molar-refractivity contribution in [3.8, 4) is 0 Å². The van der Waals surface area contributed by atoms with Crippen LogP contribution < -0.4 is 5.73 Å². The van der Waals surface area contributed by atoms with Gasteiger partial charge in [0.1, 0.15) is 5.60 Å². The second-order valence-corrected chi connectivity index (χ2v) is 3.66. The van der Waals surface area contributed by atoms with E-state index < -0.39 is 11.5 Å². The van der Waals surface area contributed by atoms with Crippen LogP contribution in [0.15, 0.2) is 0 Å². The normalized spacial score (nSPS) is 24.1. The van der Waals surface area contributed by atoms with Crippen molar-refractivity contribution < 1.29 is 9.90 Å². The minimum atomic E-state index is -1.21. The Bertz CT molecular complexity index is 160. The topological polar surface area (TPSA) is 63.3 Å². The minimum absolute atomic E-state index is 0.544. The fourth-order valence-electron chi connectivity index (χ4n) is 1.74. The Kier molecular flexibility index (Phi) is 3.09. The van der Waals surface area contributed by atoms with Gasteiger partial charge in [0.2, 0.25) is 5.91 Å². The van der Waals surface area contributed by atoms with Gasteiger partial charge in [-0.05, 0) is 12.8 Å². The van der Waals surface area contributed by atoms with E-state index in [0.29, 0.717) is 12.8 Å². The summed E-state index contributed by atoms with van der Waals surface area (Å²) in [5, 5.41) is 9.78. The van der Waals surface area contributed by atoms with E-state index in [2.05, 4.69) is 0 Å².